The lowest BCUT2D eigenvalue weighted by atomic mass is 9.79. The summed E-state index contributed by atoms with van der Waals surface area (Å²) >= 11 is 5.58. The summed E-state index contributed by atoms with van der Waals surface area (Å²) in [7, 11) is 0. The minimum Gasteiger partial charge on any atom is -0.394 e. The third-order valence-electron chi connectivity index (χ3n) is 6.36. The number of benzene rings is 2. The Morgan fingerprint density at radius 2 is 1.65 bits per heavy atom. The van der Waals surface area contributed by atoms with Gasteiger partial charge in [0.2, 0.25) is 0 Å². The third kappa shape index (κ3) is 4.23. The summed E-state index contributed by atoms with van der Waals surface area (Å²) in [5, 5.41) is 39.9. The maximum Gasteiger partial charge on any atom is 0.145 e. The number of aliphatic hydroxyl groups is 4. The summed E-state index contributed by atoms with van der Waals surface area (Å²) in [5.74, 6) is -1.72. The second-order valence-electron chi connectivity index (χ2n) is 8.48. The fourth-order valence-electron chi connectivity index (χ4n) is 4.53. The zero-order chi connectivity index (χ0) is 22.4. The number of ether oxygens (including phenoxy) is 1. The number of aryl methyl sites for hydroxylation is 1. The molecular weight excluding hydrogens is 430 g/mol. The molecule has 0 spiro atoms. The van der Waals surface area contributed by atoms with Gasteiger partial charge >= 0.3 is 0 Å². The monoisotopic (exact) mass is 454 g/mol. The highest BCUT2D eigenvalue weighted by molar-refractivity contribution is 6.31. The van der Waals surface area contributed by atoms with Gasteiger partial charge in [0.1, 0.15) is 41.1 Å². The van der Waals surface area contributed by atoms with Crippen LogP contribution in [0, 0.1) is 24.5 Å². The molecule has 2 aliphatic rings. The van der Waals surface area contributed by atoms with Gasteiger partial charge in [-0.1, -0.05) is 29.8 Å². The average Bonchev–Trinajstić information content (AvgIpc) is 3.58. The lowest BCUT2D eigenvalue weighted by Crippen LogP contribution is -2.60. The van der Waals surface area contributed by atoms with Gasteiger partial charge < -0.3 is 25.2 Å². The molecule has 1 saturated heterocycles. The van der Waals surface area contributed by atoms with Crippen molar-refractivity contribution in [3.8, 4) is 11.1 Å². The van der Waals surface area contributed by atoms with E-state index in [0.29, 0.717) is 11.1 Å². The van der Waals surface area contributed by atoms with E-state index in [1.54, 1.807) is 12.1 Å². The van der Waals surface area contributed by atoms with E-state index in [2.05, 4.69) is 0 Å². The van der Waals surface area contributed by atoms with Crippen molar-refractivity contribution < 1.29 is 33.9 Å². The SMILES string of the molecule is Cc1cc(-c2cc(F)c(Cl)c(F)c2)ccc1[C@@H](C1CC1)[C@H]1O[C@H](CO)[C@@H](O)[C@H](O)[C@@H]1O. The third-order valence-corrected chi connectivity index (χ3v) is 6.72. The molecule has 31 heavy (non-hydrogen) atoms. The van der Waals surface area contributed by atoms with Crippen molar-refractivity contribution in [2.45, 2.75) is 56.2 Å². The van der Waals surface area contributed by atoms with E-state index < -0.39 is 53.8 Å². The molecule has 1 aliphatic heterocycles. The van der Waals surface area contributed by atoms with Gasteiger partial charge in [-0.15, -0.1) is 0 Å². The van der Waals surface area contributed by atoms with Crippen LogP contribution in [0.1, 0.15) is 29.9 Å². The zero-order valence-corrected chi connectivity index (χ0v) is 17.6. The Morgan fingerprint density at radius 1 is 1.00 bits per heavy atom. The van der Waals surface area contributed by atoms with E-state index in [4.69, 9.17) is 16.3 Å². The molecule has 6 atom stereocenters. The van der Waals surface area contributed by atoms with E-state index in [1.165, 1.54) is 12.1 Å². The highest BCUT2D eigenvalue weighted by atomic mass is 35.5. The Labute approximate surface area is 183 Å². The molecule has 0 bridgehead atoms. The fourth-order valence-corrected chi connectivity index (χ4v) is 4.64. The van der Waals surface area contributed by atoms with Crippen LogP contribution in [0.25, 0.3) is 11.1 Å². The fraction of sp³-hybridized carbons (Fsp3) is 0.478. The first-order chi connectivity index (χ1) is 14.7. The first kappa shape index (κ1) is 22.6. The van der Waals surface area contributed by atoms with E-state index in [9.17, 15) is 29.2 Å². The first-order valence-electron chi connectivity index (χ1n) is 10.3. The zero-order valence-electron chi connectivity index (χ0n) is 16.9. The van der Waals surface area contributed by atoms with Crippen molar-refractivity contribution in [3.63, 3.8) is 0 Å². The molecule has 4 rings (SSSR count). The summed E-state index contributed by atoms with van der Waals surface area (Å²) < 4.78 is 33.6. The highest BCUT2D eigenvalue weighted by Crippen LogP contribution is 2.49. The molecule has 4 N–H and O–H groups in total. The summed E-state index contributed by atoms with van der Waals surface area (Å²) in [6.07, 6.45) is -4.08. The molecule has 0 radical (unpaired) electrons. The Morgan fingerprint density at radius 3 is 2.19 bits per heavy atom. The standard InChI is InChI=1S/C23H25ClF2O5/c1-10-6-12(13-7-15(25)19(24)16(26)8-13)4-5-14(10)18(11-2-3-11)23-22(30)21(29)20(28)17(9-27)31-23/h4-8,11,17-18,20-23,27-30H,2-3,9H2,1H3/t17-,18-,20-,21+,22+,23-/m1/s1. The molecule has 1 heterocycles. The molecular formula is C23H25ClF2O5. The van der Waals surface area contributed by atoms with E-state index >= 15 is 0 Å². The number of halogens is 3. The lowest BCUT2D eigenvalue weighted by Gasteiger charge is -2.43. The Balaban J connectivity index is 1.69. The number of rotatable bonds is 5. The van der Waals surface area contributed by atoms with Crippen molar-refractivity contribution in [1.29, 1.82) is 0 Å². The molecule has 8 heteroatoms. The summed E-state index contributed by atoms with van der Waals surface area (Å²) in [5.41, 5.74) is 2.68. The topological polar surface area (TPSA) is 90.2 Å². The van der Waals surface area contributed by atoms with E-state index in [-0.39, 0.29) is 11.8 Å². The largest absolute Gasteiger partial charge is 0.394 e. The molecule has 5 nitrogen and oxygen atoms in total. The summed E-state index contributed by atoms with van der Waals surface area (Å²) in [6.45, 7) is 1.38. The van der Waals surface area contributed by atoms with Crippen LogP contribution in [0.15, 0.2) is 30.3 Å². The predicted molar refractivity (Wildman–Crippen MR) is 111 cm³/mol. The Bertz CT molecular complexity index is 942. The van der Waals surface area contributed by atoms with Gasteiger partial charge in [-0.25, -0.2) is 8.78 Å². The van der Waals surface area contributed by atoms with Crippen LogP contribution in [0.4, 0.5) is 8.78 Å². The predicted octanol–water partition coefficient (Wildman–Crippen LogP) is 2.93. The van der Waals surface area contributed by atoms with Crippen molar-refractivity contribution in [1.82, 2.24) is 0 Å². The van der Waals surface area contributed by atoms with Crippen LogP contribution in [0.2, 0.25) is 5.02 Å². The maximum absolute atomic E-state index is 13.9. The van der Waals surface area contributed by atoms with Gasteiger partial charge in [0.15, 0.2) is 0 Å². The summed E-state index contributed by atoms with van der Waals surface area (Å²) in [6, 6.07) is 7.73. The van der Waals surface area contributed by atoms with Gasteiger partial charge in [0.05, 0.1) is 12.7 Å². The van der Waals surface area contributed by atoms with E-state index in [1.807, 2.05) is 13.0 Å². The minimum absolute atomic E-state index is 0.219. The van der Waals surface area contributed by atoms with Gasteiger partial charge in [-0.3, -0.25) is 0 Å². The van der Waals surface area contributed by atoms with Crippen LogP contribution in [-0.4, -0.2) is 57.6 Å². The smallest absolute Gasteiger partial charge is 0.145 e. The lowest BCUT2D eigenvalue weighted by molar-refractivity contribution is -0.235. The van der Waals surface area contributed by atoms with Crippen LogP contribution >= 0.6 is 11.6 Å². The number of aliphatic hydroxyl groups excluding tert-OH is 4. The molecule has 0 aromatic heterocycles. The van der Waals surface area contributed by atoms with Crippen molar-refractivity contribution >= 4 is 11.6 Å². The van der Waals surface area contributed by atoms with Gasteiger partial charge in [-0.05, 0) is 60.1 Å². The summed E-state index contributed by atoms with van der Waals surface area (Å²) in [4.78, 5) is 0. The Kier molecular flexibility index (Phi) is 6.36. The van der Waals surface area contributed by atoms with Crippen molar-refractivity contribution in [2.75, 3.05) is 6.61 Å². The van der Waals surface area contributed by atoms with Crippen molar-refractivity contribution in [3.05, 3.63) is 58.1 Å². The Hall–Kier alpha value is -1.61. The van der Waals surface area contributed by atoms with Gasteiger partial charge in [0, 0.05) is 5.92 Å². The second kappa shape index (κ2) is 8.73. The molecule has 2 aromatic rings. The highest BCUT2D eigenvalue weighted by Gasteiger charge is 2.50. The maximum atomic E-state index is 13.9. The molecule has 0 unspecified atom stereocenters. The quantitative estimate of drug-likeness (QED) is 0.522. The van der Waals surface area contributed by atoms with Crippen LogP contribution in [0.5, 0.6) is 0 Å². The van der Waals surface area contributed by atoms with E-state index in [0.717, 1.165) is 24.0 Å². The average molecular weight is 455 g/mol. The van der Waals surface area contributed by atoms with Crippen LogP contribution in [0.3, 0.4) is 0 Å². The molecule has 1 saturated carbocycles. The van der Waals surface area contributed by atoms with Gasteiger partial charge in [-0.2, -0.15) is 0 Å². The van der Waals surface area contributed by atoms with Crippen LogP contribution in [-0.2, 0) is 4.74 Å². The van der Waals surface area contributed by atoms with Crippen molar-refractivity contribution in [2.24, 2.45) is 5.92 Å². The molecule has 1 aliphatic carbocycles. The minimum atomic E-state index is -1.43. The number of hydrogen-bond acceptors (Lipinski definition) is 5. The normalized spacial score (nSPS) is 29.7. The second-order valence-corrected chi connectivity index (χ2v) is 8.86. The molecule has 2 fully saturated rings. The number of hydrogen-bond donors (Lipinski definition) is 4. The van der Waals surface area contributed by atoms with Gasteiger partial charge in [0.25, 0.3) is 0 Å². The van der Waals surface area contributed by atoms with Crippen LogP contribution < -0.4 is 0 Å². The molecule has 2 aromatic carbocycles. The molecule has 168 valence electrons. The first-order valence-corrected chi connectivity index (χ1v) is 10.7. The molecule has 0 amide bonds.